The maximum absolute atomic E-state index is 14.4. The number of hydrogen-bond donors (Lipinski definition) is 1. The number of pyridine rings is 1. The molecule has 1 atom stereocenters. The number of ether oxygens (including phenoxy) is 1. The molecule has 0 amide bonds. The Balaban J connectivity index is 1.76. The van der Waals surface area contributed by atoms with Gasteiger partial charge in [0.05, 0.1) is 11.5 Å². The predicted octanol–water partition coefficient (Wildman–Crippen LogP) is 4.85. The van der Waals surface area contributed by atoms with Crippen molar-refractivity contribution in [3.63, 3.8) is 0 Å². The Labute approximate surface area is 164 Å². The van der Waals surface area contributed by atoms with E-state index in [9.17, 15) is 8.78 Å². The van der Waals surface area contributed by atoms with Crippen molar-refractivity contribution in [2.45, 2.75) is 13.0 Å². The molecule has 0 aliphatic rings. The van der Waals surface area contributed by atoms with Crippen LogP contribution in [0.4, 0.5) is 13.9 Å². The van der Waals surface area contributed by atoms with E-state index in [2.05, 4.69) is 15.3 Å². The lowest BCUT2D eigenvalue weighted by molar-refractivity contribution is 0.190. The number of aromatic nitrogens is 3. The van der Waals surface area contributed by atoms with Gasteiger partial charge >= 0.3 is 0 Å². The number of nitrogens with zero attached hydrogens (tertiary/aromatic N) is 3. The molecule has 0 radical (unpaired) electrons. The van der Waals surface area contributed by atoms with Crippen LogP contribution >= 0.6 is 11.3 Å². The van der Waals surface area contributed by atoms with Gasteiger partial charge in [-0.15, -0.1) is 0 Å². The number of rotatable bonds is 6. The van der Waals surface area contributed by atoms with Crippen molar-refractivity contribution < 1.29 is 13.5 Å². The van der Waals surface area contributed by atoms with Crippen molar-refractivity contribution in [1.82, 2.24) is 14.4 Å². The van der Waals surface area contributed by atoms with Crippen LogP contribution in [-0.2, 0) is 4.74 Å². The zero-order chi connectivity index (χ0) is 19.7. The second kappa shape index (κ2) is 7.65. The summed E-state index contributed by atoms with van der Waals surface area (Å²) in [5.41, 5.74) is 2.37. The molecule has 28 heavy (non-hydrogen) atoms. The van der Waals surface area contributed by atoms with Gasteiger partial charge in [-0.2, -0.15) is 0 Å². The van der Waals surface area contributed by atoms with Crippen LogP contribution in [0.5, 0.6) is 0 Å². The molecule has 1 unspecified atom stereocenters. The van der Waals surface area contributed by atoms with Gasteiger partial charge < -0.3 is 14.5 Å². The highest BCUT2D eigenvalue weighted by Crippen LogP contribution is 2.34. The number of methoxy groups -OCH3 is 1. The van der Waals surface area contributed by atoms with E-state index in [1.54, 1.807) is 25.7 Å². The van der Waals surface area contributed by atoms with E-state index in [-0.39, 0.29) is 6.04 Å². The van der Waals surface area contributed by atoms with E-state index in [0.717, 1.165) is 21.6 Å². The smallest absolute Gasteiger partial charge is 0.183 e. The monoisotopic (exact) mass is 400 g/mol. The molecule has 0 fully saturated rings. The van der Waals surface area contributed by atoms with Crippen LogP contribution < -0.4 is 5.32 Å². The number of nitrogens with one attached hydrogen (secondary N) is 1. The van der Waals surface area contributed by atoms with E-state index in [1.807, 2.05) is 23.6 Å². The lowest BCUT2D eigenvalue weighted by Gasteiger charge is -2.11. The van der Waals surface area contributed by atoms with E-state index in [1.165, 1.54) is 23.5 Å². The van der Waals surface area contributed by atoms with Gasteiger partial charge in [-0.05, 0) is 25.1 Å². The average molecular weight is 400 g/mol. The first-order chi connectivity index (χ1) is 13.5. The van der Waals surface area contributed by atoms with Crippen LogP contribution in [0.1, 0.15) is 6.92 Å². The summed E-state index contributed by atoms with van der Waals surface area (Å²) >= 11 is 1.50. The van der Waals surface area contributed by atoms with E-state index >= 15 is 0 Å². The molecule has 1 aromatic carbocycles. The quantitative estimate of drug-likeness (QED) is 0.503. The van der Waals surface area contributed by atoms with Crippen LogP contribution in [0, 0.1) is 11.6 Å². The van der Waals surface area contributed by atoms with Gasteiger partial charge in [-0.25, -0.2) is 18.7 Å². The van der Waals surface area contributed by atoms with Gasteiger partial charge in [-0.1, -0.05) is 11.3 Å². The first-order valence-corrected chi connectivity index (χ1v) is 9.50. The average Bonchev–Trinajstić information content (AvgIpc) is 3.30. The highest BCUT2D eigenvalue weighted by molar-refractivity contribution is 7.18. The summed E-state index contributed by atoms with van der Waals surface area (Å²) in [7, 11) is 1.65. The van der Waals surface area contributed by atoms with Crippen molar-refractivity contribution in [2.24, 2.45) is 0 Å². The third-order valence-corrected chi connectivity index (χ3v) is 5.26. The number of anilines is 1. The molecule has 8 heteroatoms. The fraction of sp³-hybridized carbons (Fsp3) is 0.200. The molecule has 0 saturated heterocycles. The molecule has 0 spiro atoms. The number of hydrogen-bond acceptors (Lipinski definition) is 5. The summed E-state index contributed by atoms with van der Waals surface area (Å²) in [4.78, 5) is 9.66. The van der Waals surface area contributed by atoms with Crippen LogP contribution in [0.2, 0.25) is 0 Å². The van der Waals surface area contributed by atoms with Gasteiger partial charge in [0.2, 0.25) is 0 Å². The Morgan fingerprint density at radius 1 is 1.21 bits per heavy atom. The van der Waals surface area contributed by atoms with Crippen molar-refractivity contribution >= 4 is 22.1 Å². The van der Waals surface area contributed by atoms with Gasteiger partial charge in [0.25, 0.3) is 0 Å². The Hall–Kier alpha value is -2.84. The molecule has 0 aliphatic carbocycles. The summed E-state index contributed by atoms with van der Waals surface area (Å²) in [6, 6.07) is 5.55. The minimum atomic E-state index is -0.623. The molecule has 4 rings (SSSR count). The molecule has 144 valence electrons. The highest BCUT2D eigenvalue weighted by atomic mass is 32.1. The lowest BCUT2D eigenvalue weighted by atomic mass is 10.0. The molecule has 1 N–H and O–H groups in total. The van der Waals surface area contributed by atoms with Gasteiger partial charge in [0.1, 0.15) is 17.3 Å². The predicted molar refractivity (Wildman–Crippen MR) is 107 cm³/mol. The van der Waals surface area contributed by atoms with Crippen molar-refractivity contribution in [3.8, 4) is 21.6 Å². The normalized spacial score (nSPS) is 12.4. The maximum atomic E-state index is 14.4. The summed E-state index contributed by atoms with van der Waals surface area (Å²) < 4.78 is 34.7. The van der Waals surface area contributed by atoms with Gasteiger partial charge in [0.15, 0.2) is 5.13 Å². The second-order valence-electron chi connectivity index (χ2n) is 6.46. The molecule has 5 nitrogen and oxygen atoms in total. The summed E-state index contributed by atoms with van der Waals surface area (Å²) in [5.74, 6) is -1.23. The number of benzene rings is 1. The maximum Gasteiger partial charge on any atom is 0.183 e. The van der Waals surface area contributed by atoms with Crippen molar-refractivity contribution in [3.05, 3.63) is 60.7 Å². The highest BCUT2D eigenvalue weighted by Gasteiger charge is 2.15. The Bertz CT molecular complexity index is 1120. The summed E-state index contributed by atoms with van der Waals surface area (Å²) in [5, 5.41) is 4.07. The Morgan fingerprint density at radius 2 is 2.07 bits per heavy atom. The van der Waals surface area contributed by atoms with Gasteiger partial charge in [0, 0.05) is 60.7 Å². The molecule has 4 aromatic rings. The standard InChI is InChI=1S/C20H18F2N4OS/c1-12(11-27-2)25-20-24-9-18(28-20)13-7-16(19-23-5-6-26(19)10-13)15-4-3-14(21)8-17(15)22/h3-10,12H,11H2,1-2H3,(H,24,25). The molecule has 3 heterocycles. The van der Waals surface area contributed by atoms with Crippen LogP contribution in [0.25, 0.3) is 27.2 Å². The SMILES string of the molecule is COCC(C)Nc1ncc(-c2cc(-c3ccc(F)cc3F)c3nccn3c2)s1. The van der Waals surface area contributed by atoms with E-state index < -0.39 is 11.6 Å². The van der Waals surface area contributed by atoms with E-state index in [0.29, 0.717) is 23.4 Å². The zero-order valence-electron chi connectivity index (χ0n) is 15.3. The number of imidazole rings is 1. The minimum absolute atomic E-state index is 0.129. The third-order valence-electron chi connectivity index (χ3n) is 4.29. The largest absolute Gasteiger partial charge is 0.383 e. The topological polar surface area (TPSA) is 51.5 Å². The van der Waals surface area contributed by atoms with E-state index in [4.69, 9.17) is 4.74 Å². The molecular formula is C20H18F2N4OS. The second-order valence-corrected chi connectivity index (χ2v) is 7.49. The number of thiazole rings is 1. The van der Waals surface area contributed by atoms with Crippen molar-refractivity contribution in [2.75, 3.05) is 19.0 Å². The molecule has 0 aliphatic heterocycles. The fourth-order valence-corrected chi connectivity index (χ4v) is 3.96. The summed E-state index contributed by atoms with van der Waals surface area (Å²) in [6.45, 7) is 2.58. The zero-order valence-corrected chi connectivity index (χ0v) is 16.1. The first kappa shape index (κ1) is 18.5. The van der Waals surface area contributed by atoms with Crippen LogP contribution in [0.3, 0.4) is 0 Å². The molecule has 0 saturated carbocycles. The third kappa shape index (κ3) is 3.61. The van der Waals surface area contributed by atoms with Crippen molar-refractivity contribution in [1.29, 1.82) is 0 Å². The first-order valence-electron chi connectivity index (χ1n) is 8.69. The Kier molecular flexibility index (Phi) is 5.06. The number of halogens is 2. The number of fused-ring (bicyclic) bond motifs is 1. The van der Waals surface area contributed by atoms with Gasteiger partial charge in [-0.3, -0.25) is 0 Å². The van der Waals surface area contributed by atoms with Crippen LogP contribution in [0.15, 0.2) is 49.1 Å². The molecular weight excluding hydrogens is 382 g/mol. The Morgan fingerprint density at radius 3 is 2.86 bits per heavy atom. The fourth-order valence-electron chi connectivity index (χ4n) is 3.05. The minimum Gasteiger partial charge on any atom is -0.383 e. The van der Waals surface area contributed by atoms with Crippen LogP contribution in [-0.4, -0.2) is 34.1 Å². The summed E-state index contributed by atoms with van der Waals surface area (Å²) in [6.07, 6.45) is 7.14. The lowest BCUT2D eigenvalue weighted by Crippen LogP contribution is -2.20. The molecule has 0 bridgehead atoms. The molecule has 3 aromatic heterocycles.